The zero-order valence-electron chi connectivity index (χ0n) is 25.9. The number of para-hydroxylation sites is 1. The monoisotopic (exact) mass is 658 g/mol. The van der Waals surface area contributed by atoms with E-state index in [1.54, 1.807) is 67.6 Å². The third-order valence-corrected chi connectivity index (χ3v) is 8.62. The molecule has 1 aliphatic heterocycles. The van der Waals surface area contributed by atoms with Crippen molar-refractivity contribution in [3.8, 4) is 17.2 Å². The molecule has 4 aromatic carbocycles. The number of nitrogens with zero attached hydrogens (tertiary/aromatic N) is 2. The molecule has 240 valence electrons. The minimum absolute atomic E-state index is 0.000310. The van der Waals surface area contributed by atoms with Gasteiger partial charge in [-0.2, -0.15) is 0 Å². The van der Waals surface area contributed by atoms with Gasteiger partial charge in [-0.25, -0.2) is 9.78 Å². The van der Waals surface area contributed by atoms with Gasteiger partial charge >= 0.3 is 11.9 Å². The van der Waals surface area contributed by atoms with Gasteiger partial charge in [0.25, 0.3) is 5.78 Å². The van der Waals surface area contributed by atoms with E-state index in [0.29, 0.717) is 40.7 Å². The van der Waals surface area contributed by atoms with Crippen LogP contribution in [0.4, 0.5) is 5.13 Å². The average molecular weight is 659 g/mol. The van der Waals surface area contributed by atoms with Crippen molar-refractivity contribution in [2.75, 3.05) is 11.5 Å². The van der Waals surface area contributed by atoms with E-state index in [4.69, 9.17) is 14.2 Å². The number of ether oxygens (including phenoxy) is 3. The molecule has 10 heteroatoms. The van der Waals surface area contributed by atoms with Crippen LogP contribution in [0.2, 0.25) is 0 Å². The molecule has 0 spiro atoms. The van der Waals surface area contributed by atoms with Crippen LogP contribution < -0.4 is 14.4 Å². The molecular weight excluding hydrogens is 628 g/mol. The highest BCUT2D eigenvalue weighted by molar-refractivity contribution is 7.17. The van der Waals surface area contributed by atoms with E-state index in [2.05, 4.69) is 11.6 Å². The molecule has 1 atom stereocenters. The van der Waals surface area contributed by atoms with Gasteiger partial charge in [-0.1, -0.05) is 84.7 Å². The first-order chi connectivity index (χ1) is 23.3. The van der Waals surface area contributed by atoms with Crippen molar-refractivity contribution in [2.45, 2.75) is 19.6 Å². The lowest BCUT2D eigenvalue weighted by Gasteiger charge is -2.23. The first kappa shape index (κ1) is 32.0. The fourth-order valence-electron chi connectivity index (χ4n) is 5.20. The number of hydrogen-bond donors (Lipinski definition) is 1. The van der Waals surface area contributed by atoms with Crippen LogP contribution in [0.15, 0.2) is 127 Å². The zero-order valence-corrected chi connectivity index (χ0v) is 26.7. The number of ketones is 1. The van der Waals surface area contributed by atoms with Crippen LogP contribution in [-0.2, 0) is 20.9 Å². The number of anilines is 1. The molecule has 6 rings (SSSR count). The van der Waals surface area contributed by atoms with Crippen LogP contribution in [0.1, 0.15) is 38.1 Å². The molecule has 0 bridgehead atoms. The molecular formula is C38H30N2O7S. The highest BCUT2D eigenvalue weighted by Gasteiger charge is 2.48. The number of thiazole rings is 1. The van der Waals surface area contributed by atoms with Crippen molar-refractivity contribution in [1.82, 2.24) is 4.98 Å². The molecule has 1 amide bonds. The maximum Gasteiger partial charge on any atom is 0.350 e. The van der Waals surface area contributed by atoms with Crippen LogP contribution in [-0.4, -0.2) is 34.4 Å². The number of amides is 1. The molecule has 1 saturated heterocycles. The Kier molecular flexibility index (Phi) is 9.45. The van der Waals surface area contributed by atoms with Gasteiger partial charge in [-0.15, -0.1) is 0 Å². The molecule has 1 unspecified atom stereocenters. The van der Waals surface area contributed by atoms with Crippen molar-refractivity contribution < 1.29 is 33.7 Å². The number of benzene rings is 4. The van der Waals surface area contributed by atoms with Gasteiger partial charge in [0.1, 0.15) is 41.1 Å². The number of rotatable bonds is 11. The van der Waals surface area contributed by atoms with E-state index in [1.807, 2.05) is 48.5 Å². The largest absolute Gasteiger partial charge is 0.507 e. The van der Waals surface area contributed by atoms with Crippen LogP contribution in [0, 0.1) is 6.92 Å². The van der Waals surface area contributed by atoms with E-state index in [-0.39, 0.29) is 27.9 Å². The van der Waals surface area contributed by atoms with E-state index in [9.17, 15) is 19.5 Å². The van der Waals surface area contributed by atoms with Gasteiger partial charge in [-0.3, -0.25) is 14.5 Å². The van der Waals surface area contributed by atoms with Crippen LogP contribution in [0.25, 0.3) is 5.76 Å². The summed E-state index contributed by atoms with van der Waals surface area (Å²) in [6, 6.07) is 31.3. The lowest BCUT2D eigenvalue weighted by molar-refractivity contribution is -0.132. The molecule has 2 heterocycles. The van der Waals surface area contributed by atoms with Crippen molar-refractivity contribution in [2.24, 2.45) is 0 Å². The Morgan fingerprint density at radius 2 is 1.60 bits per heavy atom. The Hall–Kier alpha value is -6.00. The molecule has 1 N–H and O–H groups in total. The standard InChI is InChI=1S/C38H30N2O7S/c1-3-21-45-37(44)35-24(2)39-38(48-35)40-32(27-13-10-16-30(22-27)47-29-14-8-5-9-15-29)31(34(42)36(40)43)33(41)26-17-19-28(20-18-26)46-23-25-11-6-4-7-12-25/h3-20,22,32,41H,1,21,23H2,2H3/b33-31+. The fraction of sp³-hybridized carbons (Fsp3) is 0.105. The predicted molar refractivity (Wildman–Crippen MR) is 182 cm³/mol. The predicted octanol–water partition coefficient (Wildman–Crippen LogP) is 7.79. The van der Waals surface area contributed by atoms with Crippen LogP contribution >= 0.6 is 11.3 Å². The van der Waals surface area contributed by atoms with E-state index in [0.717, 1.165) is 16.9 Å². The Balaban J connectivity index is 1.40. The number of carbonyl (C=O) groups is 3. The number of hydrogen-bond acceptors (Lipinski definition) is 9. The highest BCUT2D eigenvalue weighted by Crippen LogP contribution is 2.45. The van der Waals surface area contributed by atoms with E-state index >= 15 is 0 Å². The van der Waals surface area contributed by atoms with E-state index < -0.39 is 23.7 Å². The van der Waals surface area contributed by atoms with Gasteiger partial charge in [0.15, 0.2) is 5.13 Å². The quantitative estimate of drug-likeness (QED) is 0.0503. The topological polar surface area (TPSA) is 115 Å². The molecule has 1 fully saturated rings. The lowest BCUT2D eigenvalue weighted by atomic mass is 9.95. The van der Waals surface area contributed by atoms with Gasteiger partial charge < -0.3 is 19.3 Å². The van der Waals surface area contributed by atoms with Gasteiger partial charge in [0.2, 0.25) is 0 Å². The summed E-state index contributed by atoms with van der Waals surface area (Å²) in [5.74, 6) is -1.20. The average Bonchev–Trinajstić information content (AvgIpc) is 3.63. The number of carbonyl (C=O) groups excluding carboxylic acids is 3. The Morgan fingerprint density at radius 1 is 0.917 bits per heavy atom. The third-order valence-electron chi connectivity index (χ3n) is 7.48. The molecule has 48 heavy (non-hydrogen) atoms. The van der Waals surface area contributed by atoms with Gasteiger partial charge in [0, 0.05) is 5.56 Å². The van der Waals surface area contributed by atoms with Crippen LogP contribution in [0.5, 0.6) is 17.2 Å². The number of aryl methyl sites for hydroxylation is 1. The fourth-order valence-corrected chi connectivity index (χ4v) is 6.19. The summed E-state index contributed by atoms with van der Waals surface area (Å²) in [4.78, 5) is 46.1. The summed E-state index contributed by atoms with van der Waals surface area (Å²) in [5.41, 5.74) is 1.98. The molecule has 9 nitrogen and oxygen atoms in total. The highest BCUT2D eigenvalue weighted by atomic mass is 32.1. The third kappa shape index (κ3) is 6.74. The number of esters is 1. The number of Topliss-reactive ketones (excluding diaryl/α,β-unsaturated/α-hetero) is 1. The SMILES string of the molecule is C=CCOC(=O)c1sc(N2C(=O)C(=O)/C(=C(/O)c3ccc(OCc4ccccc4)cc3)C2c2cccc(Oc3ccccc3)c2)nc1C. The first-order valence-corrected chi connectivity index (χ1v) is 15.8. The smallest absolute Gasteiger partial charge is 0.350 e. The molecule has 1 aliphatic rings. The van der Waals surface area contributed by atoms with Crippen molar-refractivity contribution in [3.63, 3.8) is 0 Å². The van der Waals surface area contributed by atoms with Crippen LogP contribution in [0.3, 0.4) is 0 Å². The van der Waals surface area contributed by atoms with Gasteiger partial charge in [0.05, 0.1) is 17.3 Å². The molecule has 1 aromatic heterocycles. The second kappa shape index (κ2) is 14.2. The molecule has 5 aromatic rings. The summed E-state index contributed by atoms with van der Waals surface area (Å²) in [5, 5.41) is 11.8. The second-order valence-corrected chi connectivity index (χ2v) is 11.7. The summed E-state index contributed by atoms with van der Waals surface area (Å²) in [6.07, 6.45) is 1.44. The number of aliphatic hydroxyl groups excluding tert-OH is 1. The normalized spacial score (nSPS) is 15.3. The minimum atomic E-state index is -1.10. The van der Waals surface area contributed by atoms with E-state index in [1.165, 1.54) is 11.0 Å². The van der Waals surface area contributed by atoms with Crippen molar-refractivity contribution in [1.29, 1.82) is 0 Å². The Morgan fingerprint density at radius 3 is 2.31 bits per heavy atom. The van der Waals surface area contributed by atoms with Gasteiger partial charge in [-0.05, 0) is 66.6 Å². The summed E-state index contributed by atoms with van der Waals surface area (Å²) in [6.45, 7) is 5.54. The van der Waals surface area contributed by atoms with Crippen molar-refractivity contribution >= 4 is 39.9 Å². The molecule has 0 saturated carbocycles. The zero-order chi connectivity index (χ0) is 33.6. The summed E-state index contributed by atoms with van der Waals surface area (Å²) in [7, 11) is 0. The maximum absolute atomic E-state index is 13.8. The summed E-state index contributed by atoms with van der Waals surface area (Å²) >= 11 is 0.922. The Bertz CT molecular complexity index is 2000. The molecule has 0 radical (unpaired) electrons. The number of aliphatic hydroxyl groups is 1. The first-order valence-electron chi connectivity index (χ1n) is 15.0. The molecule has 0 aliphatic carbocycles. The second-order valence-electron chi connectivity index (χ2n) is 10.8. The summed E-state index contributed by atoms with van der Waals surface area (Å²) < 4.78 is 17.1. The minimum Gasteiger partial charge on any atom is -0.507 e. The lowest BCUT2D eigenvalue weighted by Crippen LogP contribution is -2.29. The Labute approximate surface area is 281 Å². The maximum atomic E-state index is 13.8. The number of aromatic nitrogens is 1. The van der Waals surface area contributed by atoms with Crippen molar-refractivity contribution in [3.05, 3.63) is 155 Å².